The number of ether oxygens (including phenoxy) is 1. The van der Waals surface area contributed by atoms with Gasteiger partial charge in [0.1, 0.15) is 12.1 Å². The monoisotopic (exact) mass is 165 g/mol. The first kappa shape index (κ1) is 7.06. The quantitative estimate of drug-likeness (QED) is 0.594. The van der Waals surface area contributed by atoms with Crippen LogP contribution in [0.15, 0.2) is 0 Å². The minimum absolute atomic E-state index is 0.152. The largest absolute Gasteiger partial charge is 0.381 e. The summed E-state index contributed by atoms with van der Waals surface area (Å²) >= 11 is 0. The predicted octanol–water partition coefficient (Wildman–Crippen LogP) is -0.697. The summed E-state index contributed by atoms with van der Waals surface area (Å²) in [6.45, 7) is 1.19. The number of nitriles is 1. The van der Waals surface area contributed by atoms with Gasteiger partial charge in [0.15, 0.2) is 5.82 Å². The van der Waals surface area contributed by atoms with Gasteiger partial charge in [-0.3, -0.25) is 0 Å². The molecule has 2 N–H and O–H groups in total. The van der Waals surface area contributed by atoms with Crippen LogP contribution in [0, 0.1) is 11.3 Å². The molecule has 0 spiro atoms. The SMILES string of the molecule is N#Cc1nnn(C2COC2)c1N. The topological polar surface area (TPSA) is 89.8 Å². The molecule has 0 radical (unpaired) electrons. The van der Waals surface area contributed by atoms with Gasteiger partial charge in [0.25, 0.3) is 0 Å². The fourth-order valence-corrected chi connectivity index (χ4v) is 1.01. The zero-order chi connectivity index (χ0) is 8.55. The Bertz CT molecular complexity index is 334. The van der Waals surface area contributed by atoms with Crippen LogP contribution in [-0.4, -0.2) is 28.2 Å². The van der Waals surface area contributed by atoms with E-state index in [1.807, 2.05) is 6.07 Å². The van der Waals surface area contributed by atoms with Gasteiger partial charge in [0.05, 0.1) is 13.2 Å². The molecule has 6 nitrogen and oxygen atoms in total. The van der Waals surface area contributed by atoms with Crippen LogP contribution in [0.3, 0.4) is 0 Å². The minimum Gasteiger partial charge on any atom is -0.381 e. The lowest BCUT2D eigenvalue weighted by Gasteiger charge is -2.25. The summed E-state index contributed by atoms with van der Waals surface area (Å²) in [5.41, 5.74) is 5.77. The van der Waals surface area contributed by atoms with Gasteiger partial charge >= 0.3 is 0 Å². The maximum atomic E-state index is 8.53. The van der Waals surface area contributed by atoms with Crippen LogP contribution in [0.4, 0.5) is 5.82 Å². The van der Waals surface area contributed by atoms with E-state index in [0.29, 0.717) is 19.0 Å². The van der Waals surface area contributed by atoms with E-state index in [9.17, 15) is 0 Å². The van der Waals surface area contributed by atoms with Gasteiger partial charge in [-0.15, -0.1) is 5.10 Å². The van der Waals surface area contributed by atoms with Crippen molar-refractivity contribution in [1.29, 1.82) is 5.26 Å². The van der Waals surface area contributed by atoms with Crippen molar-refractivity contribution in [1.82, 2.24) is 15.0 Å². The fourth-order valence-electron chi connectivity index (χ4n) is 1.01. The Morgan fingerprint density at radius 1 is 1.67 bits per heavy atom. The van der Waals surface area contributed by atoms with E-state index >= 15 is 0 Å². The zero-order valence-corrected chi connectivity index (χ0v) is 6.27. The molecule has 1 aromatic heterocycles. The van der Waals surface area contributed by atoms with Crippen molar-refractivity contribution in [3.05, 3.63) is 5.69 Å². The highest BCUT2D eigenvalue weighted by molar-refractivity contribution is 5.42. The Morgan fingerprint density at radius 3 is 2.83 bits per heavy atom. The number of nitrogens with two attached hydrogens (primary N) is 1. The molecule has 2 heterocycles. The van der Waals surface area contributed by atoms with E-state index in [2.05, 4.69) is 10.3 Å². The van der Waals surface area contributed by atoms with Gasteiger partial charge in [-0.25, -0.2) is 4.68 Å². The molecule has 0 bridgehead atoms. The molecule has 0 amide bonds. The molecule has 1 saturated heterocycles. The van der Waals surface area contributed by atoms with Gasteiger partial charge in [-0.1, -0.05) is 5.21 Å². The van der Waals surface area contributed by atoms with Crippen LogP contribution in [0.2, 0.25) is 0 Å². The smallest absolute Gasteiger partial charge is 0.206 e. The van der Waals surface area contributed by atoms with Crippen LogP contribution in [-0.2, 0) is 4.74 Å². The number of nitrogen functional groups attached to an aromatic ring is 1. The molecule has 1 aromatic rings. The molecule has 6 heteroatoms. The van der Waals surface area contributed by atoms with Crippen molar-refractivity contribution < 1.29 is 4.74 Å². The van der Waals surface area contributed by atoms with E-state index < -0.39 is 0 Å². The first-order valence-corrected chi connectivity index (χ1v) is 3.51. The third kappa shape index (κ3) is 0.838. The molecule has 0 aliphatic carbocycles. The number of rotatable bonds is 1. The molecule has 1 aliphatic rings. The normalized spacial score (nSPS) is 16.9. The van der Waals surface area contributed by atoms with Gasteiger partial charge in [-0.2, -0.15) is 5.26 Å². The van der Waals surface area contributed by atoms with Crippen LogP contribution >= 0.6 is 0 Å². The summed E-state index contributed by atoms with van der Waals surface area (Å²) in [7, 11) is 0. The second kappa shape index (κ2) is 2.46. The lowest BCUT2D eigenvalue weighted by Crippen LogP contribution is -2.32. The highest BCUT2D eigenvalue weighted by atomic mass is 16.5. The Labute approximate surface area is 68.5 Å². The number of aromatic nitrogens is 3. The molecule has 0 unspecified atom stereocenters. The first-order valence-electron chi connectivity index (χ1n) is 3.51. The van der Waals surface area contributed by atoms with E-state index in [1.54, 1.807) is 0 Å². The van der Waals surface area contributed by atoms with Crippen molar-refractivity contribution in [2.75, 3.05) is 18.9 Å². The maximum absolute atomic E-state index is 8.53. The third-order valence-electron chi connectivity index (χ3n) is 1.80. The molecular weight excluding hydrogens is 158 g/mol. The number of hydrogen-bond acceptors (Lipinski definition) is 5. The van der Waals surface area contributed by atoms with E-state index in [-0.39, 0.29) is 11.7 Å². The number of hydrogen-bond donors (Lipinski definition) is 1. The van der Waals surface area contributed by atoms with Gasteiger partial charge in [0.2, 0.25) is 5.69 Å². The molecule has 62 valence electrons. The maximum Gasteiger partial charge on any atom is 0.206 e. The molecule has 12 heavy (non-hydrogen) atoms. The Balaban J connectivity index is 2.33. The molecule has 2 rings (SSSR count). The Hall–Kier alpha value is -1.61. The summed E-state index contributed by atoms with van der Waals surface area (Å²) in [5, 5.41) is 15.9. The summed E-state index contributed by atoms with van der Waals surface area (Å²) < 4.78 is 6.49. The fraction of sp³-hybridized carbons (Fsp3) is 0.500. The standard InChI is InChI=1S/C6H7N5O/c7-1-5-6(8)11(10-9-5)4-2-12-3-4/h4H,2-3,8H2. The van der Waals surface area contributed by atoms with Crippen molar-refractivity contribution in [3.63, 3.8) is 0 Å². The highest BCUT2D eigenvalue weighted by Crippen LogP contribution is 2.20. The van der Waals surface area contributed by atoms with Gasteiger partial charge in [-0.05, 0) is 0 Å². The van der Waals surface area contributed by atoms with Crippen molar-refractivity contribution in [2.24, 2.45) is 0 Å². The summed E-state index contributed by atoms with van der Waals surface area (Å²) in [6, 6.07) is 2.01. The van der Waals surface area contributed by atoms with Crippen molar-refractivity contribution in [2.45, 2.75) is 6.04 Å². The lowest BCUT2D eigenvalue weighted by molar-refractivity contribution is -0.0283. The third-order valence-corrected chi connectivity index (χ3v) is 1.80. The predicted molar refractivity (Wildman–Crippen MR) is 39.0 cm³/mol. The number of nitrogens with zero attached hydrogens (tertiary/aromatic N) is 4. The van der Waals surface area contributed by atoms with Crippen LogP contribution in [0.1, 0.15) is 11.7 Å². The molecule has 0 atom stereocenters. The molecule has 1 fully saturated rings. The van der Waals surface area contributed by atoms with Crippen LogP contribution < -0.4 is 5.73 Å². The first-order chi connectivity index (χ1) is 5.83. The summed E-state index contributed by atoms with van der Waals surface area (Å²) in [6.07, 6.45) is 0. The van der Waals surface area contributed by atoms with Crippen LogP contribution in [0.25, 0.3) is 0 Å². The summed E-state index contributed by atoms with van der Waals surface area (Å²) in [4.78, 5) is 0. The Kier molecular flexibility index (Phi) is 1.45. The van der Waals surface area contributed by atoms with Crippen LogP contribution in [0.5, 0.6) is 0 Å². The molecule has 0 saturated carbocycles. The molecular formula is C6H7N5O. The van der Waals surface area contributed by atoms with Gasteiger partial charge in [0, 0.05) is 0 Å². The minimum atomic E-state index is 0.152. The van der Waals surface area contributed by atoms with Crippen molar-refractivity contribution in [3.8, 4) is 6.07 Å². The summed E-state index contributed by atoms with van der Waals surface area (Å²) in [5.74, 6) is 0.325. The van der Waals surface area contributed by atoms with E-state index in [4.69, 9.17) is 15.7 Å². The zero-order valence-electron chi connectivity index (χ0n) is 6.27. The second-order valence-corrected chi connectivity index (χ2v) is 2.57. The average Bonchev–Trinajstić information content (AvgIpc) is 2.30. The van der Waals surface area contributed by atoms with Crippen molar-refractivity contribution >= 4 is 5.82 Å². The highest BCUT2D eigenvalue weighted by Gasteiger charge is 2.24. The Morgan fingerprint density at radius 2 is 2.42 bits per heavy atom. The van der Waals surface area contributed by atoms with E-state index in [1.165, 1.54) is 4.68 Å². The van der Waals surface area contributed by atoms with E-state index in [0.717, 1.165) is 0 Å². The second-order valence-electron chi connectivity index (χ2n) is 2.57. The molecule has 0 aromatic carbocycles. The van der Waals surface area contributed by atoms with Gasteiger partial charge < -0.3 is 10.5 Å². The number of anilines is 1. The molecule has 1 aliphatic heterocycles. The lowest BCUT2D eigenvalue weighted by atomic mass is 10.2. The average molecular weight is 165 g/mol.